The monoisotopic (exact) mass is 257 g/mol. The highest BCUT2D eigenvalue weighted by atomic mass is 32.2. The van der Waals surface area contributed by atoms with E-state index in [-0.39, 0.29) is 24.3 Å². The molecule has 1 aromatic rings. The minimum Gasteiger partial charge on any atom is -0.326 e. The molecule has 1 aliphatic heterocycles. The van der Waals surface area contributed by atoms with Crippen LogP contribution in [-0.4, -0.2) is 19.9 Å². The van der Waals surface area contributed by atoms with Crippen LogP contribution in [0, 0.1) is 0 Å². The summed E-state index contributed by atoms with van der Waals surface area (Å²) < 4.78 is 37.3. The largest absolute Gasteiger partial charge is 0.326 e. The minimum atomic E-state index is -3.04. The number of hydrogen-bond donors (Lipinski definition) is 1. The van der Waals surface area contributed by atoms with Crippen molar-refractivity contribution in [3.05, 3.63) is 35.4 Å². The Morgan fingerprint density at radius 2 is 1.94 bits per heavy atom. The van der Waals surface area contributed by atoms with Crippen molar-refractivity contribution in [2.24, 2.45) is 5.73 Å². The second kappa shape index (κ2) is 4.38. The Balaban J connectivity index is 2.27. The first-order valence-electron chi connectivity index (χ1n) is 5.64. The second-order valence-electron chi connectivity index (χ2n) is 4.52. The van der Waals surface area contributed by atoms with E-state index in [1.807, 2.05) is 6.07 Å². The van der Waals surface area contributed by atoms with Gasteiger partial charge in [0.25, 0.3) is 0 Å². The second-order valence-corrected chi connectivity index (χ2v) is 6.83. The van der Waals surface area contributed by atoms with E-state index in [0.29, 0.717) is 12.1 Å². The lowest BCUT2D eigenvalue weighted by atomic mass is 9.89. The van der Waals surface area contributed by atoms with Gasteiger partial charge in [-0.05, 0) is 24.0 Å². The van der Waals surface area contributed by atoms with Gasteiger partial charge in [0.05, 0.1) is 11.5 Å². The van der Waals surface area contributed by atoms with E-state index in [0.717, 1.165) is 5.56 Å². The van der Waals surface area contributed by atoms with Gasteiger partial charge in [0.1, 0.15) is 5.67 Å². The zero-order valence-corrected chi connectivity index (χ0v) is 10.3. The van der Waals surface area contributed by atoms with Gasteiger partial charge in [-0.25, -0.2) is 12.8 Å². The molecule has 0 saturated carbocycles. The van der Waals surface area contributed by atoms with Crippen LogP contribution in [0.4, 0.5) is 4.39 Å². The summed E-state index contributed by atoms with van der Waals surface area (Å²) in [6.45, 7) is 0.363. The van der Waals surface area contributed by atoms with E-state index in [2.05, 4.69) is 0 Å². The molecule has 1 saturated heterocycles. The molecule has 94 valence electrons. The highest BCUT2D eigenvalue weighted by molar-refractivity contribution is 7.91. The number of sulfone groups is 1. The van der Waals surface area contributed by atoms with Crippen molar-refractivity contribution in [3.8, 4) is 0 Å². The van der Waals surface area contributed by atoms with Crippen LogP contribution in [0.2, 0.25) is 0 Å². The molecule has 1 fully saturated rings. The Bertz CT molecular complexity index is 499. The van der Waals surface area contributed by atoms with E-state index in [1.165, 1.54) is 0 Å². The van der Waals surface area contributed by atoms with Crippen LogP contribution < -0.4 is 5.73 Å². The molecule has 5 heteroatoms. The average Bonchev–Trinajstić information content (AvgIpc) is 2.33. The van der Waals surface area contributed by atoms with Crippen molar-refractivity contribution in [1.29, 1.82) is 0 Å². The number of benzene rings is 1. The van der Waals surface area contributed by atoms with E-state index < -0.39 is 15.5 Å². The number of nitrogens with two attached hydrogens (primary N) is 1. The van der Waals surface area contributed by atoms with E-state index in [9.17, 15) is 12.8 Å². The molecule has 0 aliphatic carbocycles. The molecule has 0 aromatic heterocycles. The van der Waals surface area contributed by atoms with Gasteiger partial charge in [-0.2, -0.15) is 0 Å². The Labute approximate surface area is 101 Å². The Hall–Kier alpha value is -0.940. The average molecular weight is 257 g/mol. The molecule has 0 amide bonds. The van der Waals surface area contributed by atoms with Crippen molar-refractivity contribution in [1.82, 2.24) is 0 Å². The Morgan fingerprint density at radius 1 is 1.29 bits per heavy atom. The molecule has 0 atom stereocenters. The summed E-state index contributed by atoms with van der Waals surface area (Å²) in [4.78, 5) is 0. The molecule has 17 heavy (non-hydrogen) atoms. The number of rotatable bonds is 2. The van der Waals surface area contributed by atoms with E-state index in [4.69, 9.17) is 5.73 Å². The summed E-state index contributed by atoms with van der Waals surface area (Å²) in [6.07, 6.45) is 0.0900. The summed E-state index contributed by atoms with van der Waals surface area (Å²) in [7, 11) is -3.04. The molecular weight excluding hydrogens is 241 g/mol. The zero-order chi connectivity index (χ0) is 12.5. The van der Waals surface area contributed by atoms with Crippen LogP contribution in [0.25, 0.3) is 0 Å². The third kappa shape index (κ3) is 2.66. The first-order chi connectivity index (χ1) is 7.95. The standard InChI is InChI=1S/C12H16FNO2S/c13-12(4-6-17(15,16)7-5-12)11-3-1-2-10(8-11)9-14/h1-3,8H,4-7,9,14H2. The summed E-state index contributed by atoms with van der Waals surface area (Å²) in [6, 6.07) is 7.05. The van der Waals surface area contributed by atoms with Crippen LogP contribution in [0.1, 0.15) is 24.0 Å². The van der Waals surface area contributed by atoms with Crippen LogP contribution in [0.3, 0.4) is 0 Å². The quantitative estimate of drug-likeness (QED) is 0.873. The van der Waals surface area contributed by atoms with E-state index >= 15 is 0 Å². The van der Waals surface area contributed by atoms with Crippen molar-refractivity contribution in [2.45, 2.75) is 25.1 Å². The summed E-state index contributed by atoms with van der Waals surface area (Å²) in [5.41, 5.74) is 5.42. The Morgan fingerprint density at radius 3 is 2.53 bits per heavy atom. The normalized spacial score (nSPS) is 22.2. The number of alkyl halides is 1. The predicted molar refractivity (Wildman–Crippen MR) is 65.0 cm³/mol. The van der Waals surface area contributed by atoms with Crippen molar-refractivity contribution in [2.75, 3.05) is 11.5 Å². The SMILES string of the molecule is NCc1cccc(C2(F)CCS(=O)(=O)CC2)c1. The third-order valence-electron chi connectivity index (χ3n) is 3.30. The molecule has 1 heterocycles. The molecule has 1 aromatic carbocycles. The number of halogens is 1. The molecule has 1 aliphatic rings. The molecule has 0 spiro atoms. The highest BCUT2D eigenvalue weighted by Crippen LogP contribution is 2.37. The predicted octanol–water partition coefficient (Wildman–Crippen LogP) is 1.52. The van der Waals surface area contributed by atoms with Crippen LogP contribution in [0.5, 0.6) is 0 Å². The van der Waals surface area contributed by atoms with Crippen LogP contribution in [0.15, 0.2) is 24.3 Å². The summed E-state index contributed by atoms with van der Waals surface area (Å²) >= 11 is 0. The van der Waals surface area contributed by atoms with Gasteiger partial charge in [0.2, 0.25) is 0 Å². The van der Waals surface area contributed by atoms with Gasteiger partial charge in [0.15, 0.2) is 9.84 Å². The fourth-order valence-electron chi connectivity index (χ4n) is 2.13. The Kier molecular flexibility index (Phi) is 3.23. The first kappa shape index (κ1) is 12.5. The maximum atomic E-state index is 14.7. The smallest absolute Gasteiger partial charge is 0.150 e. The van der Waals surface area contributed by atoms with Gasteiger partial charge in [-0.1, -0.05) is 24.3 Å². The lowest BCUT2D eigenvalue weighted by Crippen LogP contribution is -2.33. The fourth-order valence-corrected chi connectivity index (χ4v) is 3.60. The molecule has 0 unspecified atom stereocenters. The lowest BCUT2D eigenvalue weighted by molar-refractivity contribution is 0.148. The zero-order valence-electron chi connectivity index (χ0n) is 9.52. The molecule has 3 nitrogen and oxygen atoms in total. The summed E-state index contributed by atoms with van der Waals surface area (Å²) in [5.74, 6) is -0.146. The van der Waals surface area contributed by atoms with Gasteiger partial charge < -0.3 is 5.73 Å². The molecule has 0 bridgehead atoms. The topological polar surface area (TPSA) is 60.2 Å². The first-order valence-corrected chi connectivity index (χ1v) is 7.46. The van der Waals surface area contributed by atoms with Crippen LogP contribution in [-0.2, 0) is 22.1 Å². The number of hydrogen-bond acceptors (Lipinski definition) is 3. The lowest BCUT2D eigenvalue weighted by Gasteiger charge is -2.30. The molecule has 0 radical (unpaired) electrons. The highest BCUT2D eigenvalue weighted by Gasteiger charge is 2.38. The van der Waals surface area contributed by atoms with Gasteiger partial charge in [-0.3, -0.25) is 0 Å². The molecule has 2 rings (SSSR count). The van der Waals surface area contributed by atoms with E-state index in [1.54, 1.807) is 18.2 Å². The molecule has 2 N–H and O–H groups in total. The minimum absolute atomic E-state index is 0.0450. The maximum Gasteiger partial charge on any atom is 0.150 e. The van der Waals surface area contributed by atoms with Crippen molar-refractivity contribution >= 4 is 9.84 Å². The van der Waals surface area contributed by atoms with Gasteiger partial charge >= 0.3 is 0 Å². The fraction of sp³-hybridized carbons (Fsp3) is 0.500. The van der Waals surface area contributed by atoms with Crippen LogP contribution >= 0.6 is 0 Å². The molecular formula is C12H16FNO2S. The summed E-state index contributed by atoms with van der Waals surface area (Å²) in [5, 5.41) is 0. The van der Waals surface area contributed by atoms with Gasteiger partial charge in [0, 0.05) is 6.54 Å². The van der Waals surface area contributed by atoms with Crippen molar-refractivity contribution in [3.63, 3.8) is 0 Å². The van der Waals surface area contributed by atoms with Crippen molar-refractivity contribution < 1.29 is 12.8 Å². The maximum absolute atomic E-state index is 14.7. The van der Waals surface area contributed by atoms with Gasteiger partial charge in [-0.15, -0.1) is 0 Å². The third-order valence-corrected chi connectivity index (χ3v) is 4.95.